The van der Waals surface area contributed by atoms with E-state index in [9.17, 15) is 14.4 Å². The van der Waals surface area contributed by atoms with Crippen LogP contribution in [0.3, 0.4) is 0 Å². The normalized spacial score (nSPS) is 21.1. The van der Waals surface area contributed by atoms with Gasteiger partial charge in [-0.1, -0.05) is 12.1 Å². The molecule has 1 fully saturated rings. The fraction of sp³-hybridized carbons (Fsp3) is 0.421. The Kier molecular flexibility index (Phi) is 4.37. The predicted molar refractivity (Wildman–Crippen MR) is 98.8 cm³/mol. The van der Waals surface area contributed by atoms with Gasteiger partial charge < -0.3 is 14.2 Å². The minimum absolute atomic E-state index is 0.185. The van der Waals surface area contributed by atoms with Gasteiger partial charge in [0, 0.05) is 26.4 Å². The molecule has 1 saturated heterocycles. The fourth-order valence-electron chi connectivity index (χ4n) is 3.79. The number of aromatic nitrogens is 2. The van der Waals surface area contributed by atoms with Crippen molar-refractivity contribution in [1.82, 2.24) is 14.0 Å². The third-order valence-electron chi connectivity index (χ3n) is 5.34. The number of hydrogen-bond donors (Lipinski definition) is 0. The number of hydrogen-bond acceptors (Lipinski definition) is 6. The van der Waals surface area contributed by atoms with E-state index in [4.69, 9.17) is 14.2 Å². The Labute approximate surface area is 160 Å². The van der Waals surface area contributed by atoms with Crippen molar-refractivity contribution < 1.29 is 19.0 Å². The van der Waals surface area contributed by atoms with E-state index in [0.717, 1.165) is 10.1 Å². The summed E-state index contributed by atoms with van der Waals surface area (Å²) in [7, 11) is 4.58. The number of amides is 1. The van der Waals surface area contributed by atoms with Crippen LogP contribution in [0, 0.1) is 0 Å². The van der Waals surface area contributed by atoms with Crippen molar-refractivity contribution in [3.63, 3.8) is 0 Å². The smallest absolute Gasteiger partial charge is 0.412 e. The number of carbonyl (C=O) groups is 1. The van der Waals surface area contributed by atoms with Gasteiger partial charge >= 0.3 is 11.8 Å². The Morgan fingerprint density at radius 3 is 2.39 bits per heavy atom. The maximum absolute atomic E-state index is 12.9. The van der Waals surface area contributed by atoms with Crippen molar-refractivity contribution in [3.05, 3.63) is 56.2 Å². The van der Waals surface area contributed by atoms with Crippen LogP contribution in [0.4, 0.5) is 4.79 Å². The standard InChI is InChI=1S/C19H21N3O6/c1-20-16(23)15-13(11-4-6-12(26-3)7-5-11)10-14(22-8-9-27-19(22)25)28-17(15)21(2)18(20)24/h4-7,13-14H,8-10H2,1-3H3/t13-,14-/m1/s1. The van der Waals surface area contributed by atoms with Gasteiger partial charge in [-0.25, -0.2) is 9.59 Å². The van der Waals surface area contributed by atoms with E-state index in [0.29, 0.717) is 24.3 Å². The average molecular weight is 387 g/mol. The van der Waals surface area contributed by atoms with Crippen molar-refractivity contribution >= 4 is 6.09 Å². The second-order valence-corrected chi connectivity index (χ2v) is 6.87. The molecule has 0 saturated carbocycles. The minimum atomic E-state index is -0.632. The van der Waals surface area contributed by atoms with Crippen LogP contribution in [-0.2, 0) is 18.8 Å². The van der Waals surface area contributed by atoms with Gasteiger partial charge in [-0.15, -0.1) is 0 Å². The molecule has 0 bridgehead atoms. The number of carbonyl (C=O) groups excluding carboxylic acids is 1. The Balaban J connectivity index is 1.87. The van der Waals surface area contributed by atoms with Crippen molar-refractivity contribution in [2.75, 3.05) is 20.3 Å². The lowest BCUT2D eigenvalue weighted by Crippen LogP contribution is -2.49. The molecule has 0 aliphatic carbocycles. The predicted octanol–water partition coefficient (Wildman–Crippen LogP) is 0.785. The molecule has 2 aliphatic rings. The van der Waals surface area contributed by atoms with Crippen LogP contribution in [0.25, 0.3) is 0 Å². The Hall–Kier alpha value is -3.23. The molecule has 3 heterocycles. The van der Waals surface area contributed by atoms with Crippen LogP contribution in [0.2, 0.25) is 0 Å². The van der Waals surface area contributed by atoms with Crippen LogP contribution >= 0.6 is 0 Å². The maximum Gasteiger partial charge on any atom is 0.412 e. The first-order valence-electron chi connectivity index (χ1n) is 8.96. The molecule has 0 unspecified atom stereocenters. The molecular weight excluding hydrogens is 366 g/mol. The molecule has 1 aromatic carbocycles. The molecule has 0 spiro atoms. The highest BCUT2D eigenvalue weighted by Gasteiger charge is 2.40. The molecular formula is C19H21N3O6. The Bertz CT molecular complexity index is 1040. The van der Waals surface area contributed by atoms with Gasteiger partial charge in [0.1, 0.15) is 12.4 Å². The largest absolute Gasteiger partial charge is 0.497 e. The summed E-state index contributed by atoms with van der Waals surface area (Å²) < 4.78 is 18.6. The number of nitrogens with zero attached hydrogens (tertiary/aromatic N) is 3. The molecule has 28 heavy (non-hydrogen) atoms. The van der Waals surface area contributed by atoms with Crippen molar-refractivity contribution in [2.24, 2.45) is 14.1 Å². The van der Waals surface area contributed by atoms with Crippen molar-refractivity contribution in [1.29, 1.82) is 0 Å². The summed E-state index contributed by atoms with van der Waals surface area (Å²) in [6, 6.07) is 7.39. The zero-order valence-electron chi connectivity index (χ0n) is 15.9. The van der Waals surface area contributed by atoms with E-state index in [1.807, 2.05) is 24.3 Å². The second-order valence-electron chi connectivity index (χ2n) is 6.87. The lowest BCUT2D eigenvalue weighted by atomic mass is 9.87. The third kappa shape index (κ3) is 2.74. The molecule has 148 valence electrons. The molecule has 2 atom stereocenters. The zero-order chi connectivity index (χ0) is 20.0. The highest BCUT2D eigenvalue weighted by atomic mass is 16.6. The summed E-state index contributed by atoms with van der Waals surface area (Å²) in [5.74, 6) is 0.535. The molecule has 0 N–H and O–H groups in total. The Morgan fingerprint density at radius 1 is 1.07 bits per heavy atom. The number of cyclic esters (lactones) is 1. The van der Waals surface area contributed by atoms with Gasteiger partial charge in [0.25, 0.3) is 5.56 Å². The number of methoxy groups -OCH3 is 1. The van der Waals surface area contributed by atoms with Crippen LogP contribution in [0.15, 0.2) is 33.9 Å². The van der Waals surface area contributed by atoms with Crippen LogP contribution in [-0.4, -0.2) is 46.6 Å². The third-order valence-corrected chi connectivity index (χ3v) is 5.34. The lowest BCUT2D eigenvalue weighted by Gasteiger charge is -2.36. The van der Waals surface area contributed by atoms with E-state index < -0.39 is 23.6 Å². The molecule has 9 heteroatoms. The molecule has 1 amide bonds. The van der Waals surface area contributed by atoms with Gasteiger partial charge in [0.15, 0.2) is 6.23 Å². The quantitative estimate of drug-likeness (QED) is 0.773. The topological polar surface area (TPSA) is 92.0 Å². The monoisotopic (exact) mass is 387 g/mol. The lowest BCUT2D eigenvalue weighted by molar-refractivity contribution is 0.0287. The summed E-state index contributed by atoms with van der Waals surface area (Å²) >= 11 is 0. The molecule has 2 aromatic rings. The molecule has 2 aliphatic heterocycles. The average Bonchev–Trinajstić information content (AvgIpc) is 3.15. The van der Waals surface area contributed by atoms with Gasteiger partial charge in [0.2, 0.25) is 5.88 Å². The Morgan fingerprint density at radius 2 is 1.79 bits per heavy atom. The summed E-state index contributed by atoms with van der Waals surface area (Å²) in [5.41, 5.74) is 0.389. The minimum Gasteiger partial charge on any atom is -0.497 e. The van der Waals surface area contributed by atoms with Crippen LogP contribution in [0.1, 0.15) is 23.5 Å². The summed E-state index contributed by atoms with van der Waals surface area (Å²) in [6.45, 7) is 0.682. The van der Waals surface area contributed by atoms with Crippen molar-refractivity contribution in [2.45, 2.75) is 18.6 Å². The van der Waals surface area contributed by atoms with Crippen LogP contribution in [0.5, 0.6) is 11.6 Å². The van der Waals surface area contributed by atoms with E-state index in [1.54, 1.807) is 14.2 Å². The van der Waals surface area contributed by atoms with Gasteiger partial charge in [-0.05, 0) is 17.7 Å². The summed E-state index contributed by atoms with van der Waals surface area (Å²) in [6.07, 6.45) is -0.718. The first-order chi connectivity index (χ1) is 13.4. The van der Waals surface area contributed by atoms with E-state index >= 15 is 0 Å². The van der Waals surface area contributed by atoms with Crippen molar-refractivity contribution in [3.8, 4) is 11.6 Å². The first kappa shape index (κ1) is 18.1. The van der Waals surface area contributed by atoms with Gasteiger partial charge in [-0.2, -0.15) is 0 Å². The van der Waals surface area contributed by atoms with E-state index in [-0.39, 0.29) is 18.4 Å². The number of benzene rings is 1. The summed E-state index contributed by atoms with van der Waals surface area (Å²) in [5, 5.41) is 0. The van der Waals surface area contributed by atoms with Gasteiger partial charge in [-0.3, -0.25) is 18.8 Å². The fourth-order valence-corrected chi connectivity index (χ4v) is 3.79. The summed E-state index contributed by atoms with van der Waals surface area (Å²) in [4.78, 5) is 38.9. The number of rotatable bonds is 3. The molecule has 1 aromatic heterocycles. The van der Waals surface area contributed by atoms with Gasteiger partial charge in [0.05, 0.1) is 19.2 Å². The zero-order valence-corrected chi connectivity index (χ0v) is 15.9. The molecule has 9 nitrogen and oxygen atoms in total. The van der Waals surface area contributed by atoms with E-state index in [1.165, 1.54) is 16.5 Å². The highest BCUT2D eigenvalue weighted by Crippen LogP contribution is 2.39. The number of ether oxygens (including phenoxy) is 3. The first-order valence-corrected chi connectivity index (χ1v) is 8.96. The second kappa shape index (κ2) is 6.74. The molecule has 4 rings (SSSR count). The highest BCUT2D eigenvalue weighted by molar-refractivity contribution is 5.69. The van der Waals surface area contributed by atoms with E-state index in [2.05, 4.69) is 0 Å². The molecule has 0 radical (unpaired) electrons. The number of fused-ring (bicyclic) bond motifs is 1. The SMILES string of the molecule is COc1ccc([C@H]2C[C@H](N3CCOC3=O)Oc3c2c(=O)n(C)c(=O)n3C)cc1. The maximum atomic E-state index is 12.9. The van der Waals surface area contributed by atoms with Crippen LogP contribution < -0.4 is 20.7 Å².